The van der Waals surface area contributed by atoms with Gasteiger partial charge in [-0.25, -0.2) is 9.37 Å². The predicted octanol–water partition coefficient (Wildman–Crippen LogP) is 4.73. The van der Waals surface area contributed by atoms with Crippen LogP contribution in [0.25, 0.3) is 11.5 Å². The molecule has 0 atom stereocenters. The average Bonchev–Trinajstić information content (AvgIpc) is 2.78. The first-order valence-corrected chi connectivity index (χ1v) is 6.24. The van der Waals surface area contributed by atoms with E-state index in [1.165, 1.54) is 6.07 Å². The zero-order valence-electron chi connectivity index (χ0n) is 11.2. The van der Waals surface area contributed by atoms with Crippen LogP contribution in [0.3, 0.4) is 0 Å². The van der Waals surface area contributed by atoms with Crippen LogP contribution in [0.1, 0.15) is 50.8 Å². The quantitative estimate of drug-likeness (QED) is 0.783. The molecule has 0 spiro atoms. The van der Waals surface area contributed by atoms with Crippen molar-refractivity contribution in [3.63, 3.8) is 0 Å². The Labute approximate surface area is 107 Å². The monoisotopic (exact) mass is 247 g/mol. The molecule has 1 heterocycles. The maximum atomic E-state index is 13.3. The third-order valence-electron chi connectivity index (χ3n) is 2.98. The van der Waals surface area contributed by atoms with E-state index in [1.807, 2.05) is 13.8 Å². The molecule has 96 valence electrons. The van der Waals surface area contributed by atoms with Gasteiger partial charge < -0.3 is 4.42 Å². The Kier molecular flexibility index (Phi) is 3.50. The Hall–Kier alpha value is -1.64. The van der Waals surface area contributed by atoms with Gasteiger partial charge in [0.2, 0.25) is 5.89 Å². The lowest BCUT2D eigenvalue weighted by Crippen LogP contribution is -1.94. The number of nitrogens with zero attached hydrogens (tertiary/aromatic N) is 1. The second-order valence-corrected chi connectivity index (χ2v) is 5.12. The number of oxazole rings is 1. The van der Waals surface area contributed by atoms with E-state index in [-0.39, 0.29) is 11.7 Å². The van der Waals surface area contributed by atoms with E-state index in [4.69, 9.17) is 4.42 Å². The highest BCUT2D eigenvalue weighted by Gasteiger charge is 2.15. The molecule has 18 heavy (non-hydrogen) atoms. The summed E-state index contributed by atoms with van der Waals surface area (Å²) < 4.78 is 18.8. The molecule has 0 fully saturated rings. The van der Waals surface area contributed by atoms with Crippen LogP contribution < -0.4 is 0 Å². The molecule has 0 saturated heterocycles. The lowest BCUT2D eigenvalue weighted by molar-refractivity contribution is 0.568. The normalized spacial score (nSPS) is 11.5. The van der Waals surface area contributed by atoms with Crippen molar-refractivity contribution in [2.75, 3.05) is 0 Å². The summed E-state index contributed by atoms with van der Waals surface area (Å²) in [4.78, 5) is 4.46. The number of hydrogen-bond donors (Lipinski definition) is 0. The first-order chi connectivity index (χ1) is 8.49. The van der Waals surface area contributed by atoms with Gasteiger partial charge >= 0.3 is 0 Å². The average molecular weight is 247 g/mol. The Balaban J connectivity index is 2.49. The van der Waals surface area contributed by atoms with Crippen molar-refractivity contribution >= 4 is 0 Å². The summed E-state index contributed by atoms with van der Waals surface area (Å²) in [6.45, 7) is 8.19. The van der Waals surface area contributed by atoms with Gasteiger partial charge in [0.1, 0.15) is 12.1 Å². The molecule has 1 aromatic carbocycles. The van der Waals surface area contributed by atoms with Gasteiger partial charge in [-0.05, 0) is 35.6 Å². The van der Waals surface area contributed by atoms with Crippen molar-refractivity contribution in [3.8, 4) is 11.5 Å². The number of hydrogen-bond acceptors (Lipinski definition) is 2. The van der Waals surface area contributed by atoms with Gasteiger partial charge in [-0.2, -0.15) is 0 Å². The third kappa shape index (κ3) is 2.45. The summed E-state index contributed by atoms with van der Waals surface area (Å²) in [5.41, 5.74) is 2.72. The Bertz CT molecular complexity index is 543. The summed E-state index contributed by atoms with van der Waals surface area (Å²) in [5.74, 6) is 0.899. The molecule has 2 aromatic rings. The van der Waals surface area contributed by atoms with Crippen molar-refractivity contribution in [2.24, 2.45) is 0 Å². The molecule has 0 aliphatic heterocycles. The SMILES string of the molecule is CC(C)c1coc(-c2ccc(F)cc2C(C)C)n1. The standard InChI is InChI=1S/C15H18FNO/c1-9(2)13-7-11(16)5-6-12(13)15-17-14(8-18-15)10(3)4/h5-10H,1-4H3. The summed E-state index contributed by atoms with van der Waals surface area (Å²) in [6, 6.07) is 4.74. The smallest absolute Gasteiger partial charge is 0.226 e. The van der Waals surface area contributed by atoms with E-state index in [0.29, 0.717) is 11.8 Å². The maximum absolute atomic E-state index is 13.3. The Morgan fingerprint density at radius 3 is 2.39 bits per heavy atom. The fraction of sp³-hybridized carbons (Fsp3) is 0.400. The molecular weight excluding hydrogens is 229 g/mol. The number of aromatic nitrogens is 1. The van der Waals surface area contributed by atoms with Gasteiger partial charge in [0.15, 0.2) is 0 Å². The van der Waals surface area contributed by atoms with Crippen LogP contribution in [0.2, 0.25) is 0 Å². The van der Waals surface area contributed by atoms with Crippen molar-refractivity contribution in [1.29, 1.82) is 0 Å². The summed E-state index contributed by atoms with van der Waals surface area (Å²) in [5, 5.41) is 0. The molecule has 0 N–H and O–H groups in total. The van der Waals surface area contributed by atoms with Crippen LogP contribution in [0.4, 0.5) is 4.39 Å². The van der Waals surface area contributed by atoms with Crippen LogP contribution in [0.15, 0.2) is 28.9 Å². The van der Waals surface area contributed by atoms with Crippen molar-refractivity contribution in [1.82, 2.24) is 4.98 Å². The number of rotatable bonds is 3. The van der Waals surface area contributed by atoms with Gasteiger partial charge in [-0.15, -0.1) is 0 Å². The lowest BCUT2D eigenvalue weighted by atomic mass is 9.97. The fourth-order valence-corrected chi connectivity index (χ4v) is 1.88. The molecule has 0 amide bonds. The second kappa shape index (κ2) is 4.92. The van der Waals surface area contributed by atoms with E-state index in [0.717, 1.165) is 16.8 Å². The molecule has 1 aromatic heterocycles. The van der Waals surface area contributed by atoms with Crippen LogP contribution >= 0.6 is 0 Å². The molecular formula is C15H18FNO. The van der Waals surface area contributed by atoms with E-state index in [1.54, 1.807) is 18.4 Å². The van der Waals surface area contributed by atoms with Gasteiger partial charge in [-0.3, -0.25) is 0 Å². The number of halogens is 1. The maximum Gasteiger partial charge on any atom is 0.226 e. The first kappa shape index (κ1) is 12.8. The van der Waals surface area contributed by atoms with Crippen LogP contribution in [-0.4, -0.2) is 4.98 Å². The van der Waals surface area contributed by atoms with Gasteiger partial charge in [0, 0.05) is 5.56 Å². The topological polar surface area (TPSA) is 26.0 Å². The highest BCUT2D eigenvalue weighted by atomic mass is 19.1. The minimum atomic E-state index is -0.224. The molecule has 0 radical (unpaired) electrons. The lowest BCUT2D eigenvalue weighted by Gasteiger charge is -2.10. The van der Waals surface area contributed by atoms with E-state index in [9.17, 15) is 4.39 Å². The molecule has 0 unspecified atom stereocenters. The molecule has 0 aliphatic rings. The summed E-state index contributed by atoms with van der Waals surface area (Å²) >= 11 is 0. The van der Waals surface area contributed by atoms with Crippen LogP contribution in [0, 0.1) is 5.82 Å². The summed E-state index contributed by atoms with van der Waals surface area (Å²) in [6.07, 6.45) is 1.67. The minimum absolute atomic E-state index is 0.224. The largest absolute Gasteiger partial charge is 0.444 e. The second-order valence-electron chi connectivity index (χ2n) is 5.12. The van der Waals surface area contributed by atoms with E-state index in [2.05, 4.69) is 18.8 Å². The molecule has 3 heteroatoms. The van der Waals surface area contributed by atoms with Crippen molar-refractivity contribution in [3.05, 3.63) is 41.5 Å². The number of benzene rings is 1. The van der Waals surface area contributed by atoms with E-state index >= 15 is 0 Å². The summed E-state index contributed by atoms with van der Waals surface area (Å²) in [7, 11) is 0. The zero-order chi connectivity index (χ0) is 13.3. The first-order valence-electron chi connectivity index (χ1n) is 6.24. The fourth-order valence-electron chi connectivity index (χ4n) is 1.88. The molecule has 2 rings (SSSR count). The zero-order valence-corrected chi connectivity index (χ0v) is 11.2. The van der Waals surface area contributed by atoms with Crippen LogP contribution in [0.5, 0.6) is 0 Å². The van der Waals surface area contributed by atoms with Crippen LogP contribution in [-0.2, 0) is 0 Å². The molecule has 0 saturated carbocycles. The van der Waals surface area contributed by atoms with E-state index < -0.39 is 0 Å². The van der Waals surface area contributed by atoms with Crippen molar-refractivity contribution in [2.45, 2.75) is 39.5 Å². The van der Waals surface area contributed by atoms with Gasteiger partial charge in [0.25, 0.3) is 0 Å². The Morgan fingerprint density at radius 1 is 1.11 bits per heavy atom. The highest BCUT2D eigenvalue weighted by molar-refractivity contribution is 5.60. The Morgan fingerprint density at radius 2 is 1.83 bits per heavy atom. The predicted molar refractivity (Wildman–Crippen MR) is 70.1 cm³/mol. The van der Waals surface area contributed by atoms with Crippen molar-refractivity contribution < 1.29 is 8.81 Å². The van der Waals surface area contributed by atoms with Gasteiger partial charge in [-0.1, -0.05) is 27.7 Å². The van der Waals surface area contributed by atoms with Gasteiger partial charge in [0.05, 0.1) is 5.69 Å². The molecule has 0 bridgehead atoms. The molecule has 2 nitrogen and oxygen atoms in total. The third-order valence-corrected chi connectivity index (χ3v) is 2.98. The molecule has 0 aliphatic carbocycles. The highest BCUT2D eigenvalue weighted by Crippen LogP contribution is 2.30. The minimum Gasteiger partial charge on any atom is -0.444 e.